The van der Waals surface area contributed by atoms with Gasteiger partial charge >= 0.3 is 11.8 Å². The van der Waals surface area contributed by atoms with Crippen LogP contribution in [0.3, 0.4) is 0 Å². The lowest BCUT2D eigenvalue weighted by molar-refractivity contribution is -0.143. The van der Waals surface area contributed by atoms with Crippen LogP contribution in [0.15, 0.2) is 42.5 Å². The molecule has 2 amide bonds. The summed E-state index contributed by atoms with van der Waals surface area (Å²) < 4.78 is 29.9. The number of benzene rings is 2. The number of carbonyl (C=O) groups excluding carboxylic acids is 2. The fraction of sp³-hybridized carbons (Fsp3) is 0.440. The quantitative estimate of drug-likeness (QED) is 0.427. The molecule has 0 spiro atoms. The maximum atomic E-state index is 13.0. The van der Waals surface area contributed by atoms with Gasteiger partial charge in [0.05, 0.1) is 26.4 Å². The van der Waals surface area contributed by atoms with E-state index in [2.05, 4.69) is 0 Å². The molecule has 8 nitrogen and oxygen atoms in total. The molecule has 1 fully saturated rings. The molecule has 0 saturated carbocycles. The molecule has 1 aliphatic heterocycles. The van der Waals surface area contributed by atoms with Gasteiger partial charge < -0.3 is 30.0 Å². The first-order valence-electron chi connectivity index (χ1n) is 11.1. The van der Waals surface area contributed by atoms with Crippen LogP contribution in [0.1, 0.15) is 31.7 Å². The monoisotopic (exact) mass is 474 g/mol. The number of hydrogen-bond acceptors (Lipinski definition) is 6. The van der Waals surface area contributed by atoms with E-state index in [1.807, 2.05) is 19.1 Å². The molecule has 9 heteroatoms. The van der Waals surface area contributed by atoms with E-state index in [4.69, 9.17) is 19.9 Å². The zero-order chi connectivity index (χ0) is 24.9. The number of primary amides is 1. The van der Waals surface area contributed by atoms with E-state index in [0.29, 0.717) is 36.9 Å². The van der Waals surface area contributed by atoms with Crippen molar-refractivity contribution in [2.45, 2.75) is 32.3 Å². The molecular weight excluding hydrogens is 443 g/mol. The second kappa shape index (κ2) is 10.7. The highest BCUT2D eigenvalue weighted by Gasteiger charge is 2.49. The molecule has 3 atom stereocenters. The van der Waals surface area contributed by atoms with E-state index in [1.54, 1.807) is 32.2 Å². The Labute approximate surface area is 198 Å². The summed E-state index contributed by atoms with van der Waals surface area (Å²) >= 11 is 0. The molecule has 2 aromatic carbocycles. The second-order valence-electron chi connectivity index (χ2n) is 8.70. The normalized spacial score (nSPS) is 20.6. The molecule has 3 unspecified atom stereocenters. The van der Waals surface area contributed by atoms with Gasteiger partial charge in [-0.05, 0) is 48.9 Å². The van der Waals surface area contributed by atoms with Crippen LogP contribution < -0.4 is 19.9 Å². The number of aliphatic hydroxyl groups is 1. The van der Waals surface area contributed by atoms with Crippen molar-refractivity contribution in [1.82, 2.24) is 4.90 Å². The predicted molar refractivity (Wildman–Crippen MR) is 123 cm³/mol. The van der Waals surface area contributed by atoms with Crippen molar-refractivity contribution in [3.63, 3.8) is 0 Å². The van der Waals surface area contributed by atoms with Gasteiger partial charge in [-0.25, -0.2) is 4.39 Å². The highest BCUT2D eigenvalue weighted by molar-refractivity contribution is 6.34. The molecular formula is C25H31FN2O6. The Balaban J connectivity index is 1.69. The lowest BCUT2D eigenvalue weighted by Crippen LogP contribution is -2.41. The standard InChI is InChI=1S/C25H31FN2O6/c1-16(29)25(2)15-28(24(31)23(27)30)14-20(25)17-5-10-21(32-3)22(13-17)34-12-4-11-33-19-8-6-18(26)7-9-19/h5-10,13,16,20,29H,4,11-12,14-15H2,1-3H3,(H2,27,30). The van der Waals surface area contributed by atoms with Gasteiger partial charge in [-0.15, -0.1) is 0 Å². The average molecular weight is 475 g/mol. The molecule has 184 valence electrons. The summed E-state index contributed by atoms with van der Waals surface area (Å²) in [6, 6.07) is 11.3. The Hall–Kier alpha value is -3.33. The third kappa shape index (κ3) is 5.59. The van der Waals surface area contributed by atoms with Crippen LogP contribution in [0.5, 0.6) is 17.2 Å². The first-order valence-corrected chi connectivity index (χ1v) is 11.1. The molecule has 3 N–H and O–H groups in total. The number of carbonyl (C=O) groups is 2. The molecule has 1 aliphatic rings. The predicted octanol–water partition coefficient (Wildman–Crippen LogP) is 2.48. The fourth-order valence-electron chi connectivity index (χ4n) is 4.22. The van der Waals surface area contributed by atoms with Crippen molar-refractivity contribution in [1.29, 1.82) is 0 Å². The molecule has 34 heavy (non-hydrogen) atoms. The van der Waals surface area contributed by atoms with Crippen molar-refractivity contribution >= 4 is 11.8 Å². The first-order chi connectivity index (χ1) is 16.2. The van der Waals surface area contributed by atoms with E-state index < -0.39 is 23.3 Å². The summed E-state index contributed by atoms with van der Waals surface area (Å²) in [7, 11) is 1.54. The fourth-order valence-corrected chi connectivity index (χ4v) is 4.22. The van der Waals surface area contributed by atoms with Crippen molar-refractivity contribution in [2.75, 3.05) is 33.4 Å². The third-order valence-corrected chi connectivity index (χ3v) is 6.40. The lowest BCUT2D eigenvalue weighted by atomic mass is 9.72. The van der Waals surface area contributed by atoms with Gasteiger partial charge in [-0.2, -0.15) is 0 Å². The van der Waals surface area contributed by atoms with Gasteiger partial charge in [0.15, 0.2) is 11.5 Å². The summed E-state index contributed by atoms with van der Waals surface area (Å²) in [5, 5.41) is 10.5. The maximum Gasteiger partial charge on any atom is 0.311 e. The van der Waals surface area contributed by atoms with Gasteiger partial charge in [0.25, 0.3) is 0 Å². The highest BCUT2D eigenvalue weighted by atomic mass is 19.1. The number of halogens is 1. The van der Waals surface area contributed by atoms with Crippen LogP contribution in [0, 0.1) is 11.2 Å². The average Bonchev–Trinajstić information content (AvgIpc) is 3.18. The molecule has 0 radical (unpaired) electrons. The highest BCUT2D eigenvalue weighted by Crippen LogP contribution is 2.46. The van der Waals surface area contributed by atoms with Gasteiger partial charge in [0.1, 0.15) is 11.6 Å². The Morgan fingerprint density at radius 3 is 2.47 bits per heavy atom. The van der Waals surface area contributed by atoms with Crippen LogP contribution >= 0.6 is 0 Å². The van der Waals surface area contributed by atoms with Crippen molar-refractivity contribution in [2.24, 2.45) is 11.1 Å². The van der Waals surface area contributed by atoms with E-state index in [1.165, 1.54) is 17.0 Å². The number of aliphatic hydroxyl groups excluding tert-OH is 1. The lowest BCUT2D eigenvalue weighted by Gasteiger charge is -2.33. The van der Waals surface area contributed by atoms with Crippen molar-refractivity contribution in [3.05, 3.63) is 53.8 Å². The molecule has 0 aromatic heterocycles. The number of ether oxygens (including phenoxy) is 3. The Bertz CT molecular complexity index is 1010. The number of rotatable bonds is 9. The molecule has 1 heterocycles. The summed E-state index contributed by atoms with van der Waals surface area (Å²) in [5.74, 6) is -0.700. The molecule has 1 saturated heterocycles. The Kier molecular flexibility index (Phi) is 7.98. The smallest absolute Gasteiger partial charge is 0.311 e. The first kappa shape index (κ1) is 25.3. The number of amides is 2. The minimum atomic E-state index is -1.02. The zero-order valence-corrected chi connectivity index (χ0v) is 19.6. The molecule has 0 bridgehead atoms. The minimum Gasteiger partial charge on any atom is -0.493 e. The van der Waals surface area contributed by atoms with E-state index >= 15 is 0 Å². The van der Waals surface area contributed by atoms with Gasteiger partial charge in [-0.1, -0.05) is 13.0 Å². The largest absolute Gasteiger partial charge is 0.493 e. The number of nitrogens with two attached hydrogens (primary N) is 1. The second-order valence-corrected chi connectivity index (χ2v) is 8.70. The van der Waals surface area contributed by atoms with Crippen molar-refractivity contribution < 1.29 is 33.3 Å². The van der Waals surface area contributed by atoms with Gasteiger partial charge in [0.2, 0.25) is 0 Å². The number of nitrogens with zero attached hydrogens (tertiary/aromatic N) is 1. The Morgan fingerprint density at radius 1 is 1.18 bits per heavy atom. The minimum absolute atomic E-state index is 0.208. The summed E-state index contributed by atoms with van der Waals surface area (Å²) in [4.78, 5) is 25.0. The number of hydrogen-bond donors (Lipinski definition) is 2. The molecule has 2 aromatic rings. The summed E-state index contributed by atoms with van der Waals surface area (Å²) in [6.45, 7) is 4.76. The van der Waals surface area contributed by atoms with Gasteiger partial charge in [-0.3, -0.25) is 9.59 Å². The molecule has 0 aliphatic carbocycles. The van der Waals surface area contributed by atoms with Crippen molar-refractivity contribution in [3.8, 4) is 17.2 Å². The van der Waals surface area contributed by atoms with Gasteiger partial charge in [0, 0.05) is 30.8 Å². The van der Waals surface area contributed by atoms with Crippen LogP contribution in [-0.4, -0.2) is 61.3 Å². The van der Waals surface area contributed by atoms with Crippen LogP contribution in [-0.2, 0) is 9.59 Å². The topological polar surface area (TPSA) is 111 Å². The number of likely N-dealkylation sites (tertiary alicyclic amines) is 1. The van der Waals surface area contributed by atoms with E-state index in [-0.39, 0.29) is 24.8 Å². The van der Waals surface area contributed by atoms with E-state index in [0.717, 1.165) is 5.56 Å². The molecule has 3 rings (SSSR count). The maximum absolute atomic E-state index is 13.0. The zero-order valence-electron chi connectivity index (χ0n) is 19.6. The van der Waals surface area contributed by atoms with E-state index in [9.17, 15) is 19.1 Å². The summed E-state index contributed by atoms with van der Waals surface area (Å²) in [6.07, 6.45) is -0.154. The van der Waals surface area contributed by atoms with Crippen LogP contribution in [0.25, 0.3) is 0 Å². The SMILES string of the molecule is COc1ccc(C2CN(C(=O)C(N)=O)CC2(C)C(C)O)cc1OCCCOc1ccc(F)cc1. The summed E-state index contributed by atoms with van der Waals surface area (Å²) in [5.41, 5.74) is 5.36. The Morgan fingerprint density at radius 2 is 1.85 bits per heavy atom. The van der Waals surface area contributed by atoms with Crippen LogP contribution in [0.4, 0.5) is 4.39 Å². The third-order valence-electron chi connectivity index (χ3n) is 6.40. The van der Waals surface area contributed by atoms with Crippen LogP contribution in [0.2, 0.25) is 0 Å². The number of methoxy groups -OCH3 is 1.